The van der Waals surface area contributed by atoms with Crippen molar-refractivity contribution in [1.82, 2.24) is 0 Å². The zero-order valence-corrected chi connectivity index (χ0v) is 32.4. The summed E-state index contributed by atoms with van der Waals surface area (Å²) in [5.74, 6) is 3.78. The van der Waals surface area contributed by atoms with E-state index in [-0.39, 0.29) is 10.8 Å². The van der Waals surface area contributed by atoms with Crippen molar-refractivity contribution in [1.29, 1.82) is 0 Å². The van der Waals surface area contributed by atoms with E-state index in [4.69, 9.17) is 4.42 Å². The van der Waals surface area contributed by atoms with Crippen LogP contribution in [0.5, 0.6) is 0 Å². The molecule has 276 valence electrons. The molecule has 1 aromatic heterocycles. The molecule has 4 bridgehead atoms. The average molecular weight is 728 g/mol. The van der Waals surface area contributed by atoms with Crippen LogP contribution in [0.2, 0.25) is 0 Å². The Kier molecular flexibility index (Phi) is 6.58. The normalized spacial score (nSPS) is 28.9. The zero-order chi connectivity index (χ0) is 36.8. The van der Waals surface area contributed by atoms with Gasteiger partial charge in [0.1, 0.15) is 11.2 Å². The SMILES string of the molecule is CCC1CC2CCCC(C1)C21c2ccccc2-c2ccc(N(c3ccc4c(c3)C3(CC5CCC3C5)c3ccccc3-4)c3ccc4c(c3)oc3ccccc34)cc21. The maximum Gasteiger partial charge on any atom is 0.137 e. The van der Waals surface area contributed by atoms with Crippen LogP contribution in [-0.2, 0) is 10.8 Å². The Balaban J connectivity index is 1.04. The maximum atomic E-state index is 6.59. The first-order chi connectivity index (χ1) is 27.6. The van der Waals surface area contributed by atoms with Crippen LogP contribution in [0, 0.1) is 29.6 Å². The van der Waals surface area contributed by atoms with Crippen molar-refractivity contribution < 1.29 is 4.42 Å². The van der Waals surface area contributed by atoms with Crippen LogP contribution < -0.4 is 4.90 Å². The highest BCUT2D eigenvalue weighted by atomic mass is 16.3. The van der Waals surface area contributed by atoms with Gasteiger partial charge < -0.3 is 9.32 Å². The molecule has 2 heteroatoms. The monoisotopic (exact) mass is 727 g/mol. The highest BCUT2D eigenvalue weighted by Crippen LogP contribution is 2.68. The molecule has 4 saturated carbocycles. The number of rotatable bonds is 4. The summed E-state index contributed by atoms with van der Waals surface area (Å²) in [6.45, 7) is 2.43. The fraction of sp³-hybridized carbons (Fsp3) is 0.333. The van der Waals surface area contributed by atoms with Gasteiger partial charge >= 0.3 is 0 Å². The molecule has 13 rings (SSSR count). The summed E-state index contributed by atoms with van der Waals surface area (Å²) in [4.78, 5) is 2.58. The Bertz CT molecular complexity index is 2740. The smallest absolute Gasteiger partial charge is 0.137 e. The fourth-order valence-electron chi connectivity index (χ4n) is 14.4. The lowest BCUT2D eigenvalue weighted by Gasteiger charge is -2.55. The molecule has 7 aromatic rings. The van der Waals surface area contributed by atoms with Gasteiger partial charge in [-0.2, -0.15) is 0 Å². The predicted molar refractivity (Wildman–Crippen MR) is 230 cm³/mol. The fourth-order valence-corrected chi connectivity index (χ4v) is 14.4. The lowest BCUT2D eigenvalue weighted by molar-refractivity contribution is 0.0492. The summed E-state index contributed by atoms with van der Waals surface area (Å²) >= 11 is 0. The molecule has 4 fully saturated rings. The number of fused-ring (bicyclic) bond motifs is 14. The van der Waals surface area contributed by atoms with Gasteiger partial charge in [0.15, 0.2) is 0 Å². The van der Waals surface area contributed by atoms with Crippen LogP contribution in [0.4, 0.5) is 17.1 Å². The summed E-state index contributed by atoms with van der Waals surface area (Å²) in [5, 5.41) is 2.36. The average Bonchev–Trinajstić information content (AvgIpc) is 4.05. The van der Waals surface area contributed by atoms with Gasteiger partial charge in [0.25, 0.3) is 0 Å². The Hall–Kier alpha value is -5.08. The van der Waals surface area contributed by atoms with E-state index in [1.807, 2.05) is 0 Å². The van der Waals surface area contributed by atoms with Crippen molar-refractivity contribution in [2.75, 3.05) is 4.90 Å². The van der Waals surface area contributed by atoms with Gasteiger partial charge in [-0.15, -0.1) is 0 Å². The third kappa shape index (κ3) is 4.03. The van der Waals surface area contributed by atoms with E-state index < -0.39 is 0 Å². The molecular weight excluding hydrogens is 679 g/mol. The van der Waals surface area contributed by atoms with E-state index in [1.54, 1.807) is 22.3 Å². The van der Waals surface area contributed by atoms with Crippen LogP contribution in [-0.4, -0.2) is 0 Å². The second-order valence-corrected chi connectivity index (χ2v) is 18.7. The number of para-hydroxylation sites is 1. The van der Waals surface area contributed by atoms with Crippen LogP contribution >= 0.6 is 0 Å². The minimum atomic E-state index is 0.0902. The topological polar surface area (TPSA) is 16.4 Å². The van der Waals surface area contributed by atoms with E-state index in [1.165, 1.54) is 109 Å². The lowest BCUT2D eigenvalue weighted by Crippen LogP contribution is -2.49. The number of hydrogen-bond donors (Lipinski definition) is 0. The Morgan fingerprint density at radius 1 is 0.536 bits per heavy atom. The first-order valence-electron chi connectivity index (χ1n) is 21.9. The molecular formula is C54H49NO. The van der Waals surface area contributed by atoms with Crippen LogP contribution in [0.15, 0.2) is 132 Å². The molecule has 2 spiro atoms. The van der Waals surface area contributed by atoms with Gasteiger partial charge in [0, 0.05) is 44.7 Å². The zero-order valence-electron chi connectivity index (χ0n) is 32.4. The molecule has 0 N–H and O–H groups in total. The summed E-state index contributed by atoms with van der Waals surface area (Å²) in [6, 6.07) is 49.4. The van der Waals surface area contributed by atoms with Crippen molar-refractivity contribution in [2.24, 2.45) is 29.6 Å². The number of benzene rings is 6. The van der Waals surface area contributed by atoms with E-state index in [0.717, 1.165) is 34.6 Å². The van der Waals surface area contributed by atoms with Crippen molar-refractivity contribution >= 4 is 39.0 Å². The van der Waals surface area contributed by atoms with E-state index in [0.29, 0.717) is 11.8 Å². The standard InChI is InChI=1S/C54H49NO/c1-2-33-26-36-10-9-11-37(27-33)54(36)48-16-7-4-13-42(48)44-24-21-39(30-50(44)54)55(40-22-25-46-45-14-5-8-17-51(45)56-52(46)31-40)38-20-23-43-41-12-3-6-15-47(41)53(49(43)29-38)32-34-18-19-35(53)28-34/h3-8,12-17,20-25,29-31,33-37H,2,9-11,18-19,26-28,32H2,1H3. The van der Waals surface area contributed by atoms with Crippen molar-refractivity contribution in [3.05, 3.63) is 150 Å². The Labute approximate surface area is 330 Å². The maximum absolute atomic E-state index is 6.59. The first kappa shape index (κ1) is 32.1. The molecule has 0 saturated heterocycles. The van der Waals surface area contributed by atoms with Crippen LogP contribution in [0.25, 0.3) is 44.2 Å². The molecule has 6 aromatic carbocycles. The van der Waals surface area contributed by atoms with Gasteiger partial charge in [-0.05, 0) is 162 Å². The molecule has 0 aliphatic heterocycles. The first-order valence-corrected chi connectivity index (χ1v) is 21.9. The van der Waals surface area contributed by atoms with E-state index in [9.17, 15) is 0 Å². The van der Waals surface area contributed by atoms with Gasteiger partial charge in [-0.1, -0.05) is 105 Å². The quantitative estimate of drug-likeness (QED) is 0.179. The van der Waals surface area contributed by atoms with Gasteiger partial charge in [0.2, 0.25) is 0 Å². The molecule has 0 amide bonds. The van der Waals surface area contributed by atoms with Crippen LogP contribution in [0.1, 0.15) is 93.4 Å². The number of furan rings is 1. The Morgan fingerprint density at radius 2 is 1.16 bits per heavy atom. The minimum absolute atomic E-state index is 0.0902. The summed E-state index contributed by atoms with van der Waals surface area (Å²) in [7, 11) is 0. The van der Waals surface area contributed by atoms with Crippen molar-refractivity contribution in [3.63, 3.8) is 0 Å². The van der Waals surface area contributed by atoms with Crippen LogP contribution in [0.3, 0.4) is 0 Å². The molecule has 1 heterocycles. The van der Waals surface area contributed by atoms with Gasteiger partial charge in [-0.3, -0.25) is 0 Å². The van der Waals surface area contributed by atoms with E-state index >= 15 is 0 Å². The van der Waals surface area contributed by atoms with E-state index in [2.05, 4.69) is 139 Å². The predicted octanol–water partition coefficient (Wildman–Crippen LogP) is 14.6. The number of anilines is 3. The number of nitrogens with zero attached hydrogens (tertiary/aromatic N) is 1. The molecule has 2 nitrogen and oxygen atoms in total. The summed E-state index contributed by atoms with van der Waals surface area (Å²) in [5.41, 5.74) is 18.0. The largest absolute Gasteiger partial charge is 0.456 e. The van der Waals surface area contributed by atoms with Gasteiger partial charge in [-0.25, -0.2) is 0 Å². The highest BCUT2D eigenvalue weighted by molar-refractivity contribution is 6.06. The second-order valence-electron chi connectivity index (χ2n) is 18.7. The molecule has 5 atom stereocenters. The second kappa shape index (κ2) is 11.5. The third-order valence-corrected chi connectivity index (χ3v) is 16.5. The minimum Gasteiger partial charge on any atom is -0.456 e. The molecule has 56 heavy (non-hydrogen) atoms. The molecule has 6 aliphatic rings. The Morgan fingerprint density at radius 3 is 1.91 bits per heavy atom. The molecule has 6 aliphatic carbocycles. The van der Waals surface area contributed by atoms with Crippen molar-refractivity contribution in [2.45, 2.75) is 82.0 Å². The lowest BCUT2D eigenvalue weighted by atomic mass is 9.49. The summed E-state index contributed by atoms with van der Waals surface area (Å²) in [6.07, 6.45) is 13.5. The summed E-state index contributed by atoms with van der Waals surface area (Å²) < 4.78 is 6.59. The molecule has 0 radical (unpaired) electrons. The third-order valence-electron chi connectivity index (χ3n) is 16.5. The van der Waals surface area contributed by atoms with Crippen molar-refractivity contribution in [3.8, 4) is 22.3 Å². The van der Waals surface area contributed by atoms with Gasteiger partial charge in [0.05, 0.1) is 0 Å². The molecule has 5 unspecified atom stereocenters. The highest BCUT2D eigenvalue weighted by Gasteiger charge is 2.58. The number of hydrogen-bond acceptors (Lipinski definition) is 2.